The molecular formula is C110H72. The van der Waals surface area contributed by atoms with E-state index in [9.17, 15) is 0 Å². The van der Waals surface area contributed by atoms with Crippen molar-refractivity contribution in [1.82, 2.24) is 0 Å². The van der Waals surface area contributed by atoms with Gasteiger partial charge >= 0.3 is 0 Å². The van der Waals surface area contributed by atoms with Crippen LogP contribution in [0.5, 0.6) is 0 Å². The third kappa shape index (κ3) is 7.90. The van der Waals surface area contributed by atoms with Gasteiger partial charge in [0.2, 0.25) is 0 Å². The first-order valence-electron chi connectivity index (χ1n) is 39.9. The molecule has 4 spiro atoms. The maximum Gasteiger partial charge on any atom is 0.0296 e. The Labute approximate surface area is 640 Å². The average molecular weight is 1390 g/mol. The Hall–Kier alpha value is -12.7. The van der Waals surface area contributed by atoms with Gasteiger partial charge in [0, 0.05) is 21.7 Å². The molecule has 0 heteroatoms. The third-order valence-electron chi connectivity index (χ3n) is 28.8. The molecule has 0 nitrogen and oxygen atoms in total. The summed E-state index contributed by atoms with van der Waals surface area (Å²) in [5.41, 5.74) is 43.9. The molecule has 18 aromatic rings. The van der Waals surface area contributed by atoms with Crippen LogP contribution in [0.4, 0.5) is 0 Å². The second-order valence-electron chi connectivity index (χ2n) is 33.8. The van der Waals surface area contributed by atoms with Crippen LogP contribution in [0.3, 0.4) is 0 Å². The van der Waals surface area contributed by atoms with Gasteiger partial charge in [0.05, 0.1) is 0 Å². The highest BCUT2D eigenvalue weighted by molar-refractivity contribution is 6.40. The van der Waals surface area contributed by atoms with Crippen molar-refractivity contribution in [3.05, 3.63) is 429 Å². The van der Waals surface area contributed by atoms with Gasteiger partial charge in [0.25, 0.3) is 0 Å². The quantitative estimate of drug-likeness (QED) is 0.154. The molecule has 8 aliphatic rings. The SMILES string of the molecule is c1ccc2c(c1)CC1(C2)c2ccccc2-c2ccc(-c3ccc4c5ccc(-c6ccc7c(c6)C6(Cc8ccccc8C6)c6ccccc6-7)cc5c5c6cc(-c7ccc8c(c7)C7(Cc9ccccc9C7)c7ccccc7-8)ccc6c6ccc(-c7ccc8c(c7)C7(Cc9ccccc9C7)c7ccccc7-8)cc6c5c4c3)cc21. The topological polar surface area (TPSA) is 0 Å². The van der Waals surface area contributed by atoms with Gasteiger partial charge in [-0.3, -0.25) is 0 Å². The fourth-order valence-corrected chi connectivity index (χ4v) is 24.0. The summed E-state index contributed by atoms with van der Waals surface area (Å²) < 4.78 is 0. The minimum Gasteiger partial charge on any atom is -0.0620 e. The molecule has 0 N–H and O–H groups in total. The molecular weight excluding hydrogens is 1320 g/mol. The molecule has 18 aromatic carbocycles. The first-order chi connectivity index (χ1) is 54.3. The Morgan fingerprint density at radius 2 is 0.309 bits per heavy atom. The maximum atomic E-state index is 2.61. The van der Waals surface area contributed by atoms with Gasteiger partial charge in [-0.1, -0.05) is 291 Å². The van der Waals surface area contributed by atoms with Crippen molar-refractivity contribution in [2.75, 3.05) is 0 Å². The lowest BCUT2D eigenvalue weighted by Crippen LogP contribution is -2.25. The largest absolute Gasteiger partial charge is 0.0620 e. The highest BCUT2D eigenvalue weighted by Crippen LogP contribution is 2.62. The lowest BCUT2D eigenvalue weighted by atomic mass is 9.75. The smallest absolute Gasteiger partial charge is 0.0296 e. The van der Waals surface area contributed by atoms with Crippen molar-refractivity contribution >= 4 is 53.9 Å². The summed E-state index contributed by atoms with van der Waals surface area (Å²) in [5, 5.41) is 12.8. The van der Waals surface area contributed by atoms with Crippen LogP contribution in [0, 0.1) is 0 Å². The molecule has 110 heavy (non-hydrogen) atoms. The maximum absolute atomic E-state index is 2.61. The summed E-state index contributed by atoms with van der Waals surface area (Å²) in [5.74, 6) is 0. The molecule has 8 aliphatic carbocycles. The number of hydrogen-bond acceptors (Lipinski definition) is 0. The van der Waals surface area contributed by atoms with Crippen molar-refractivity contribution in [2.45, 2.75) is 73.0 Å². The minimum atomic E-state index is -0.134. The second kappa shape index (κ2) is 21.6. The summed E-state index contributed by atoms with van der Waals surface area (Å²) in [6, 6.07) is 134. The number of fused-ring (bicyclic) bond motifs is 35. The lowest BCUT2D eigenvalue weighted by molar-refractivity contribution is 0.563. The molecule has 0 aromatic heterocycles. The van der Waals surface area contributed by atoms with Crippen molar-refractivity contribution in [3.63, 3.8) is 0 Å². The van der Waals surface area contributed by atoms with Crippen molar-refractivity contribution in [3.8, 4) is 89.0 Å². The predicted molar refractivity (Wildman–Crippen MR) is 456 cm³/mol. The summed E-state index contributed by atoms with van der Waals surface area (Å²) >= 11 is 0. The van der Waals surface area contributed by atoms with Crippen LogP contribution in [0.25, 0.3) is 143 Å². The van der Waals surface area contributed by atoms with Crippen LogP contribution in [0.2, 0.25) is 0 Å². The Balaban J connectivity index is 0.738. The molecule has 0 aliphatic heterocycles. The van der Waals surface area contributed by atoms with Crippen LogP contribution >= 0.6 is 0 Å². The van der Waals surface area contributed by atoms with Gasteiger partial charge in [-0.05, 0) is 332 Å². The van der Waals surface area contributed by atoms with Gasteiger partial charge < -0.3 is 0 Å². The zero-order valence-corrected chi connectivity index (χ0v) is 61.0. The Kier molecular flexibility index (Phi) is 11.8. The Bertz CT molecular complexity index is 6290. The first-order valence-corrected chi connectivity index (χ1v) is 39.9. The zero-order chi connectivity index (χ0) is 71.5. The number of benzene rings is 18. The molecule has 512 valence electrons. The molecule has 0 saturated heterocycles. The monoisotopic (exact) mass is 1390 g/mol. The zero-order valence-electron chi connectivity index (χ0n) is 61.0. The van der Waals surface area contributed by atoms with Gasteiger partial charge in [0.15, 0.2) is 0 Å². The van der Waals surface area contributed by atoms with E-state index in [1.807, 2.05) is 0 Å². The van der Waals surface area contributed by atoms with E-state index in [0.717, 1.165) is 51.4 Å². The highest BCUT2D eigenvalue weighted by atomic mass is 14.5. The molecule has 0 unspecified atom stereocenters. The molecule has 0 heterocycles. The summed E-state index contributed by atoms with van der Waals surface area (Å²) in [7, 11) is 0. The van der Waals surface area contributed by atoms with E-state index < -0.39 is 0 Å². The van der Waals surface area contributed by atoms with E-state index in [-0.39, 0.29) is 21.7 Å². The van der Waals surface area contributed by atoms with Gasteiger partial charge in [0.1, 0.15) is 0 Å². The summed E-state index contributed by atoms with van der Waals surface area (Å²) in [6.45, 7) is 0. The van der Waals surface area contributed by atoms with Crippen molar-refractivity contribution < 1.29 is 0 Å². The summed E-state index contributed by atoms with van der Waals surface area (Å²) in [4.78, 5) is 0. The average Bonchev–Trinajstić information content (AvgIpc) is 1.18. The molecule has 0 amide bonds. The summed E-state index contributed by atoms with van der Waals surface area (Å²) in [6.07, 6.45) is 8.04. The van der Waals surface area contributed by atoms with Gasteiger partial charge in [-0.25, -0.2) is 0 Å². The second-order valence-corrected chi connectivity index (χ2v) is 33.8. The van der Waals surface area contributed by atoms with E-state index >= 15 is 0 Å². The molecule has 0 bridgehead atoms. The first kappa shape index (κ1) is 60.3. The van der Waals surface area contributed by atoms with E-state index in [2.05, 4.69) is 340 Å². The fraction of sp³-hybridized carbons (Fsp3) is 0.109. The Morgan fingerprint density at radius 3 is 0.527 bits per heavy atom. The van der Waals surface area contributed by atoms with E-state index in [1.54, 1.807) is 0 Å². The van der Waals surface area contributed by atoms with Gasteiger partial charge in [-0.15, -0.1) is 0 Å². The lowest BCUT2D eigenvalue weighted by Gasteiger charge is -2.27. The minimum absolute atomic E-state index is 0.134. The third-order valence-corrected chi connectivity index (χ3v) is 28.8. The number of rotatable bonds is 4. The van der Waals surface area contributed by atoms with E-state index in [1.165, 1.54) is 232 Å². The van der Waals surface area contributed by atoms with Crippen LogP contribution < -0.4 is 0 Å². The van der Waals surface area contributed by atoms with Gasteiger partial charge in [-0.2, -0.15) is 0 Å². The molecule has 0 fully saturated rings. The van der Waals surface area contributed by atoms with Crippen LogP contribution in [-0.4, -0.2) is 0 Å². The molecule has 0 saturated carbocycles. The molecule has 26 rings (SSSR count). The van der Waals surface area contributed by atoms with Crippen molar-refractivity contribution in [2.24, 2.45) is 0 Å². The molecule has 0 radical (unpaired) electrons. The fourth-order valence-electron chi connectivity index (χ4n) is 24.0. The van der Waals surface area contributed by atoms with E-state index in [4.69, 9.17) is 0 Å². The number of hydrogen-bond donors (Lipinski definition) is 0. The standard InChI is InChI=1S/C110H72/c1-2-18-74-58-107(57-73(74)17-1)97-29-13-9-25-85(97)89-45-37-69(53-101(89)107)65-33-41-81-82-42-34-67(71-39-47-91-87-27-11-15-31-99(87)109(103(91)55-71)61-77-21-5-6-22-78(77)62-109)51-95(82)106-96-52-68(72-40-48-92-88-28-12-16-32-100(88)110(104(92)56-72)63-79-23-7-8-24-80(79)64-110)36-44-84(96)83-43-35-66(50-94(83)105(106)93(81)49-65)70-38-46-90-86-26-10-14-30-98(86)108(102(90)54-70)59-75-19-3-4-20-76(75)60-108/h1-56H,57-64H2. The van der Waals surface area contributed by atoms with Crippen molar-refractivity contribution in [1.29, 1.82) is 0 Å². The molecule has 0 atom stereocenters. The van der Waals surface area contributed by atoms with Crippen LogP contribution in [0.15, 0.2) is 340 Å². The predicted octanol–water partition coefficient (Wildman–Crippen LogP) is 26.4. The Morgan fingerprint density at radius 1 is 0.136 bits per heavy atom. The van der Waals surface area contributed by atoms with Crippen LogP contribution in [0.1, 0.15) is 89.0 Å². The van der Waals surface area contributed by atoms with Crippen LogP contribution in [-0.2, 0) is 73.0 Å². The highest BCUT2D eigenvalue weighted by Gasteiger charge is 2.51. The van der Waals surface area contributed by atoms with E-state index in [0.29, 0.717) is 0 Å². The normalized spacial score (nSPS) is 16.2.